The molecular weight excluding hydrogens is 248 g/mol. The van der Waals surface area contributed by atoms with E-state index in [1.165, 1.54) is 5.56 Å². The predicted octanol–water partition coefficient (Wildman–Crippen LogP) is 1.61. The average molecular weight is 264 g/mol. The van der Waals surface area contributed by atoms with Crippen molar-refractivity contribution >= 4 is 0 Å². The summed E-state index contributed by atoms with van der Waals surface area (Å²) in [5.41, 5.74) is 2.31. The smallest absolute Gasteiger partial charge is 0.143 e. The van der Waals surface area contributed by atoms with E-state index in [-0.39, 0.29) is 18.0 Å². The van der Waals surface area contributed by atoms with Gasteiger partial charge in [-0.2, -0.15) is 10.5 Å². The molecule has 0 saturated carbocycles. The molecule has 4 nitrogen and oxygen atoms in total. The third kappa shape index (κ3) is 2.10. The van der Waals surface area contributed by atoms with Gasteiger partial charge >= 0.3 is 0 Å². The van der Waals surface area contributed by atoms with Gasteiger partial charge in [-0.1, -0.05) is 36.4 Å². The van der Waals surface area contributed by atoms with E-state index in [0.29, 0.717) is 0 Å². The number of allylic oxidation sites excluding steroid dienone is 1. The van der Waals surface area contributed by atoms with Crippen molar-refractivity contribution in [2.24, 2.45) is 5.92 Å². The van der Waals surface area contributed by atoms with Gasteiger partial charge in [0.1, 0.15) is 5.92 Å². The molecule has 1 aliphatic carbocycles. The number of nitriles is 2. The molecule has 1 heterocycles. The van der Waals surface area contributed by atoms with Crippen molar-refractivity contribution in [3.8, 4) is 12.1 Å². The number of nitrogens with zero attached hydrogens (tertiary/aromatic N) is 2. The topological polar surface area (TPSA) is 71.6 Å². The van der Waals surface area contributed by atoms with Crippen LogP contribution in [0.2, 0.25) is 0 Å². The van der Waals surface area contributed by atoms with E-state index < -0.39 is 5.92 Å². The lowest BCUT2D eigenvalue weighted by Gasteiger charge is -2.30. The summed E-state index contributed by atoms with van der Waals surface area (Å²) in [6, 6.07) is 12.3. The standard InChI is InChI=1S/C16H16N4/c17-9-11(10-18)12-5-6-15(16-19-7-8-20-16)14-4-2-1-3-13(12)14/h1-6,11-12,15-16,19-20H,7-8H2. The van der Waals surface area contributed by atoms with Crippen LogP contribution in [0.5, 0.6) is 0 Å². The molecule has 0 radical (unpaired) electrons. The highest BCUT2D eigenvalue weighted by Gasteiger charge is 2.32. The van der Waals surface area contributed by atoms with Crippen LogP contribution in [0.4, 0.5) is 0 Å². The second-order valence-corrected chi connectivity index (χ2v) is 5.19. The predicted molar refractivity (Wildman–Crippen MR) is 75.6 cm³/mol. The van der Waals surface area contributed by atoms with Gasteiger partial charge in [-0.15, -0.1) is 0 Å². The maximum atomic E-state index is 9.15. The molecule has 4 heteroatoms. The molecule has 2 N–H and O–H groups in total. The molecular formula is C16H16N4. The van der Waals surface area contributed by atoms with Crippen LogP contribution in [0.1, 0.15) is 23.0 Å². The fraction of sp³-hybridized carbons (Fsp3) is 0.375. The van der Waals surface area contributed by atoms with E-state index in [2.05, 4.69) is 34.9 Å². The zero-order valence-electron chi connectivity index (χ0n) is 11.1. The van der Waals surface area contributed by atoms with Gasteiger partial charge in [-0.25, -0.2) is 0 Å². The Morgan fingerprint density at radius 2 is 1.65 bits per heavy atom. The van der Waals surface area contributed by atoms with Gasteiger partial charge in [0.2, 0.25) is 0 Å². The minimum atomic E-state index is -0.627. The molecule has 0 bridgehead atoms. The van der Waals surface area contributed by atoms with Gasteiger partial charge in [0.15, 0.2) is 0 Å². The van der Waals surface area contributed by atoms with Crippen LogP contribution in [0.3, 0.4) is 0 Å². The molecule has 3 rings (SSSR count). The van der Waals surface area contributed by atoms with Crippen molar-refractivity contribution < 1.29 is 0 Å². The summed E-state index contributed by atoms with van der Waals surface area (Å²) >= 11 is 0. The molecule has 2 aliphatic rings. The Morgan fingerprint density at radius 3 is 2.30 bits per heavy atom. The van der Waals surface area contributed by atoms with E-state index >= 15 is 0 Å². The first-order chi connectivity index (χ1) is 9.85. The van der Waals surface area contributed by atoms with Crippen molar-refractivity contribution in [2.75, 3.05) is 13.1 Å². The molecule has 0 spiro atoms. The van der Waals surface area contributed by atoms with E-state index in [1.54, 1.807) is 0 Å². The van der Waals surface area contributed by atoms with Crippen molar-refractivity contribution in [1.82, 2.24) is 10.6 Å². The maximum Gasteiger partial charge on any atom is 0.143 e. The Kier molecular flexibility index (Phi) is 3.52. The van der Waals surface area contributed by atoms with E-state index in [9.17, 15) is 0 Å². The molecule has 0 amide bonds. The quantitative estimate of drug-likeness (QED) is 0.796. The summed E-state index contributed by atoms with van der Waals surface area (Å²) < 4.78 is 0. The van der Waals surface area contributed by atoms with Crippen molar-refractivity contribution in [3.63, 3.8) is 0 Å². The van der Waals surface area contributed by atoms with Gasteiger partial charge < -0.3 is 0 Å². The van der Waals surface area contributed by atoms with Crippen molar-refractivity contribution in [2.45, 2.75) is 18.0 Å². The van der Waals surface area contributed by atoms with E-state index in [1.807, 2.05) is 24.3 Å². The zero-order valence-corrected chi connectivity index (χ0v) is 11.1. The summed E-state index contributed by atoms with van der Waals surface area (Å²) in [4.78, 5) is 0. The summed E-state index contributed by atoms with van der Waals surface area (Å²) in [7, 11) is 0. The second-order valence-electron chi connectivity index (χ2n) is 5.19. The van der Waals surface area contributed by atoms with Gasteiger partial charge in [-0.3, -0.25) is 10.6 Å². The minimum Gasteiger partial charge on any atom is -0.300 e. The Morgan fingerprint density at radius 1 is 1.00 bits per heavy atom. The Hall–Kier alpha value is -2.14. The first kappa shape index (κ1) is 12.9. The van der Waals surface area contributed by atoms with Crippen LogP contribution in [-0.2, 0) is 0 Å². The second kappa shape index (κ2) is 5.46. The van der Waals surface area contributed by atoms with Crippen LogP contribution in [0.15, 0.2) is 36.4 Å². The third-order valence-corrected chi connectivity index (χ3v) is 4.09. The Labute approximate surface area is 118 Å². The monoisotopic (exact) mass is 264 g/mol. The summed E-state index contributed by atoms with van der Waals surface area (Å²) in [6.07, 6.45) is 4.38. The van der Waals surface area contributed by atoms with Gasteiger partial charge in [-0.05, 0) is 11.1 Å². The summed E-state index contributed by atoms with van der Waals surface area (Å²) in [5, 5.41) is 25.2. The first-order valence-electron chi connectivity index (χ1n) is 6.88. The lowest BCUT2D eigenvalue weighted by Crippen LogP contribution is -2.38. The van der Waals surface area contributed by atoms with E-state index in [0.717, 1.165) is 18.7 Å². The van der Waals surface area contributed by atoms with E-state index in [4.69, 9.17) is 10.5 Å². The van der Waals surface area contributed by atoms with Gasteiger partial charge in [0.05, 0.1) is 18.3 Å². The maximum absolute atomic E-state index is 9.15. The number of fused-ring (bicyclic) bond motifs is 1. The number of hydrogen-bond donors (Lipinski definition) is 2. The Balaban J connectivity index is 1.99. The summed E-state index contributed by atoms with van der Waals surface area (Å²) in [5.74, 6) is -0.500. The lowest BCUT2D eigenvalue weighted by molar-refractivity contribution is 0.492. The summed E-state index contributed by atoms with van der Waals surface area (Å²) in [6.45, 7) is 1.94. The van der Waals surface area contributed by atoms with Crippen molar-refractivity contribution in [3.05, 3.63) is 47.5 Å². The van der Waals surface area contributed by atoms with Crippen LogP contribution in [-0.4, -0.2) is 19.3 Å². The molecule has 100 valence electrons. The third-order valence-electron chi connectivity index (χ3n) is 4.09. The molecule has 20 heavy (non-hydrogen) atoms. The normalized spacial score (nSPS) is 25.1. The fourth-order valence-electron chi connectivity index (χ4n) is 3.12. The molecule has 1 saturated heterocycles. The van der Waals surface area contributed by atoms with Crippen LogP contribution >= 0.6 is 0 Å². The lowest BCUT2D eigenvalue weighted by atomic mass is 9.76. The number of benzene rings is 1. The first-order valence-corrected chi connectivity index (χ1v) is 6.88. The zero-order chi connectivity index (χ0) is 13.9. The average Bonchev–Trinajstić information content (AvgIpc) is 3.02. The highest BCUT2D eigenvalue weighted by atomic mass is 15.2. The van der Waals surface area contributed by atoms with Crippen LogP contribution in [0.25, 0.3) is 0 Å². The molecule has 2 unspecified atom stereocenters. The number of hydrogen-bond acceptors (Lipinski definition) is 4. The highest BCUT2D eigenvalue weighted by Crippen LogP contribution is 2.38. The SMILES string of the molecule is N#CC(C#N)C1C=CC(C2NCCN2)c2ccccc21. The molecule has 0 aromatic heterocycles. The molecule has 1 aromatic carbocycles. The largest absolute Gasteiger partial charge is 0.300 e. The fourth-order valence-corrected chi connectivity index (χ4v) is 3.12. The molecule has 2 atom stereocenters. The van der Waals surface area contributed by atoms with Crippen LogP contribution < -0.4 is 10.6 Å². The number of nitrogens with one attached hydrogen (secondary N) is 2. The molecule has 1 aromatic rings. The molecule has 1 fully saturated rings. The highest BCUT2D eigenvalue weighted by molar-refractivity contribution is 5.45. The number of rotatable bonds is 2. The molecule has 1 aliphatic heterocycles. The minimum absolute atomic E-state index is 0.126. The van der Waals surface area contributed by atoms with Crippen LogP contribution in [0, 0.1) is 28.6 Å². The van der Waals surface area contributed by atoms with Crippen molar-refractivity contribution in [1.29, 1.82) is 10.5 Å². The van der Waals surface area contributed by atoms with Gasteiger partial charge in [0, 0.05) is 24.9 Å². The van der Waals surface area contributed by atoms with Gasteiger partial charge in [0.25, 0.3) is 0 Å². The Bertz CT molecular complexity index is 588.